The molecule has 0 amide bonds. The predicted octanol–water partition coefficient (Wildman–Crippen LogP) is 1.14. The van der Waals surface area contributed by atoms with E-state index in [0.717, 1.165) is 29.7 Å². The van der Waals surface area contributed by atoms with Crippen LogP contribution in [0.25, 0.3) is 11.0 Å². The van der Waals surface area contributed by atoms with E-state index in [1.807, 2.05) is 17.7 Å². The van der Waals surface area contributed by atoms with E-state index in [4.69, 9.17) is 9.84 Å². The number of imidazole rings is 1. The molecule has 6 nitrogen and oxygen atoms in total. The third-order valence-corrected chi connectivity index (χ3v) is 3.33. The molecule has 2 aromatic heterocycles. The van der Waals surface area contributed by atoms with Crippen LogP contribution in [0.5, 0.6) is 0 Å². The molecule has 1 aliphatic heterocycles. The van der Waals surface area contributed by atoms with Crippen LogP contribution in [0.15, 0.2) is 18.6 Å². The zero-order valence-electron chi connectivity index (χ0n) is 10.2. The molecule has 0 spiro atoms. The van der Waals surface area contributed by atoms with Gasteiger partial charge in [-0.15, -0.1) is 0 Å². The van der Waals surface area contributed by atoms with Crippen molar-refractivity contribution in [3.8, 4) is 0 Å². The van der Waals surface area contributed by atoms with Gasteiger partial charge in [-0.05, 0) is 18.9 Å². The first-order valence-corrected chi connectivity index (χ1v) is 6.09. The van der Waals surface area contributed by atoms with Crippen molar-refractivity contribution in [2.75, 3.05) is 19.0 Å². The fraction of sp³-hybridized carbons (Fsp3) is 0.500. The lowest BCUT2D eigenvalue weighted by atomic mass is 10.2. The SMILES string of the molecule is CNc1nccc2c1ncn2[C@H]1CC[C@@H](CO)O1. The van der Waals surface area contributed by atoms with Crippen LogP contribution in [-0.2, 0) is 4.74 Å². The fourth-order valence-electron chi connectivity index (χ4n) is 2.40. The summed E-state index contributed by atoms with van der Waals surface area (Å²) in [6.45, 7) is 0.0758. The molecule has 3 heterocycles. The van der Waals surface area contributed by atoms with Crippen LogP contribution < -0.4 is 5.32 Å². The maximum Gasteiger partial charge on any atom is 0.153 e. The van der Waals surface area contributed by atoms with Gasteiger partial charge in [-0.25, -0.2) is 9.97 Å². The zero-order chi connectivity index (χ0) is 12.5. The lowest BCUT2D eigenvalue weighted by Gasteiger charge is -2.14. The van der Waals surface area contributed by atoms with Gasteiger partial charge in [-0.1, -0.05) is 0 Å². The summed E-state index contributed by atoms with van der Waals surface area (Å²) in [6, 6.07) is 1.93. The van der Waals surface area contributed by atoms with Gasteiger partial charge in [0.05, 0.1) is 24.6 Å². The first-order chi connectivity index (χ1) is 8.83. The Balaban J connectivity index is 1.98. The molecule has 2 atom stereocenters. The van der Waals surface area contributed by atoms with Crippen molar-refractivity contribution in [3.05, 3.63) is 18.6 Å². The molecule has 0 unspecified atom stereocenters. The van der Waals surface area contributed by atoms with E-state index in [0.29, 0.717) is 0 Å². The predicted molar refractivity (Wildman–Crippen MR) is 67.3 cm³/mol. The minimum absolute atomic E-state index is 0.0424. The molecule has 1 saturated heterocycles. The molecule has 2 N–H and O–H groups in total. The zero-order valence-corrected chi connectivity index (χ0v) is 10.2. The van der Waals surface area contributed by atoms with Gasteiger partial charge in [-0.2, -0.15) is 0 Å². The van der Waals surface area contributed by atoms with E-state index in [2.05, 4.69) is 15.3 Å². The van der Waals surface area contributed by atoms with Crippen LogP contribution in [0, 0.1) is 0 Å². The van der Waals surface area contributed by atoms with Crippen molar-refractivity contribution in [1.29, 1.82) is 0 Å². The van der Waals surface area contributed by atoms with E-state index in [-0.39, 0.29) is 18.9 Å². The third-order valence-electron chi connectivity index (χ3n) is 3.33. The summed E-state index contributed by atoms with van der Waals surface area (Å²) in [7, 11) is 1.83. The summed E-state index contributed by atoms with van der Waals surface area (Å²) in [4.78, 5) is 8.61. The second kappa shape index (κ2) is 4.55. The fourth-order valence-corrected chi connectivity index (χ4v) is 2.40. The van der Waals surface area contributed by atoms with Crippen molar-refractivity contribution in [1.82, 2.24) is 14.5 Å². The standard InChI is InChI=1S/C12H16N4O2/c1-13-12-11-9(4-5-14-12)16(7-15-11)10-3-2-8(6-17)18-10/h4-5,7-8,10,17H,2-3,6H2,1H3,(H,13,14)/t8-,10+/m0/s1. The van der Waals surface area contributed by atoms with Crippen molar-refractivity contribution in [2.45, 2.75) is 25.2 Å². The Morgan fingerprint density at radius 3 is 3.11 bits per heavy atom. The monoisotopic (exact) mass is 248 g/mol. The second-order valence-electron chi connectivity index (χ2n) is 4.40. The van der Waals surface area contributed by atoms with E-state index in [1.165, 1.54) is 0 Å². The lowest BCUT2D eigenvalue weighted by Crippen LogP contribution is -2.13. The Morgan fingerprint density at radius 1 is 1.50 bits per heavy atom. The van der Waals surface area contributed by atoms with Gasteiger partial charge in [0.2, 0.25) is 0 Å². The number of hydrogen-bond donors (Lipinski definition) is 2. The summed E-state index contributed by atoms with van der Waals surface area (Å²) in [6.07, 6.45) is 5.21. The molecule has 1 fully saturated rings. The summed E-state index contributed by atoms with van der Waals surface area (Å²) >= 11 is 0. The normalized spacial score (nSPS) is 23.7. The Labute approximate surface area is 105 Å². The molecule has 0 aliphatic carbocycles. The number of ether oxygens (including phenoxy) is 1. The number of aliphatic hydroxyl groups is 1. The molecular weight excluding hydrogens is 232 g/mol. The maximum absolute atomic E-state index is 9.11. The van der Waals surface area contributed by atoms with Crippen molar-refractivity contribution >= 4 is 16.9 Å². The van der Waals surface area contributed by atoms with Crippen LogP contribution in [-0.4, -0.2) is 39.4 Å². The number of hydrogen-bond acceptors (Lipinski definition) is 5. The number of fused-ring (bicyclic) bond motifs is 1. The smallest absolute Gasteiger partial charge is 0.153 e. The lowest BCUT2D eigenvalue weighted by molar-refractivity contribution is -0.0204. The van der Waals surface area contributed by atoms with Crippen molar-refractivity contribution in [2.24, 2.45) is 0 Å². The Bertz CT molecular complexity index is 554. The van der Waals surface area contributed by atoms with Gasteiger partial charge in [0.25, 0.3) is 0 Å². The quantitative estimate of drug-likeness (QED) is 0.852. The summed E-state index contributed by atoms with van der Waals surface area (Å²) in [5, 5.41) is 12.1. The minimum atomic E-state index is -0.0574. The molecule has 0 saturated carbocycles. The van der Waals surface area contributed by atoms with Gasteiger partial charge >= 0.3 is 0 Å². The molecule has 0 bridgehead atoms. The molecule has 18 heavy (non-hydrogen) atoms. The molecule has 1 aliphatic rings. The Kier molecular flexibility index (Phi) is 2.89. The van der Waals surface area contributed by atoms with E-state index in [9.17, 15) is 0 Å². The Morgan fingerprint density at radius 2 is 2.39 bits per heavy atom. The number of nitrogens with zero attached hydrogens (tertiary/aromatic N) is 3. The minimum Gasteiger partial charge on any atom is -0.394 e. The molecular formula is C12H16N4O2. The summed E-state index contributed by atoms with van der Waals surface area (Å²) in [5.74, 6) is 0.767. The number of nitrogens with one attached hydrogen (secondary N) is 1. The summed E-state index contributed by atoms with van der Waals surface area (Å²) in [5.41, 5.74) is 1.84. The highest BCUT2D eigenvalue weighted by atomic mass is 16.5. The van der Waals surface area contributed by atoms with Crippen LogP contribution in [0.1, 0.15) is 19.1 Å². The molecule has 0 radical (unpaired) electrons. The molecule has 6 heteroatoms. The molecule has 96 valence electrons. The number of anilines is 1. The second-order valence-corrected chi connectivity index (χ2v) is 4.40. The van der Waals surface area contributed by atoms with Gasteiger partial charge in [-0.3, -0.25) is 0 Å². The van der Waals surface area contributed by atoms with Crippen LogP contribution in [0.3, 0.4) is 0 Å². The highest BCUT2D eigenvalue weighted by molar-refractivity contribution is 5.85. The Hall–Kier alpha value is -1.66. The van der Waals surface area contributed by atoms with Crippen LogP contribution in [0.4, 0.5) is 5.82 Å². The number of aliphatic hydroxyl groups excluding tert-OH is 1. The molecule has 2 aromatic rings. The maximum atomic E-state index is 9.11. The number of aromatic nitrogens is 3. The average Bonchev–Trinajstić information content (AvgIpc) is 3.03. The number of rotatable bonds is 3. The highest BCUT2D eigenvalue weighted by Gasteiger charge is 2.27. The van der Waals surface area contributed by atoms with Gasteiger partial charge < -0.3 is 19.7 Å². The van der Waals surface area contributed by atoms with E-state index in [1.54, 1.807) is 12.5 Å². The topological polar surface area (TPSA) is 72.2 Å². The van der Waals surface area contributed by atoms with E-state index >= 15 is 0 Å². The first kappa shape index (κ1) is 11.4. The van der Waals surface area contributed by atoms with Gasteiger partial charge in [0, 0.05) is 13.2 Å². The first-order valence-electron chi connectivity index (χ1n) is 6.09. The van der Waals surface area contributed by atoms with Crippen molar-refractivity contribution in [3.63, 3.8) is 0 Å². The van der Waals surface area contributed by atoms with Crippen LogP contribution in [0.2, 0.25) is 0 Å². The summed E-state index contributed by atoms with van der Waals surface area (Å²) < 4.78 is 7.78. The highest BCUT2D eigenvalue weighted by Crippen LogP contribution is 2.31. The van der Waals surface area contributed by atoms with Crippen molar-refractivity contribution < 1.29 is 9.84 Å². The third kappa shape index (κ3) is 1.74. The van der Waals surface area contributed by atoms with Crippen LogP contribution >= 0.6 is 0 Å². The largest absolute Gasteiger partial charge is 0.394 e. The molecule has 0 aromatic carbocycles. The average molecular weight is 248 g/mol. The number of pyridine rings is 1. The molecule has 3 rings (SSSR count). The van der Waals surface area contributed by atoms with Gasteiger partial charge in [0.15, 0.2) is 5.82 Å². The van der Waals surface area contributed by atoms with Gasteiger partial charge in [0.1, 0.15) is 11.7 Å². The van der Waals surface area contributed by atoms with E-state index < -0.39 is 0 Å².